The van der Waals surface area contributed by atoms with Crippen molar-refractivity contribution in [3.8, 4) is 5.75 Å². The first-order valence-corrected chi connectivity index (χ1v) is 9.18. The van der Waals surface area contributed by atoms with Crippen LogP contribution in [0.3, 0.4) is 0 Å². The predicted octanol–water partition coefficient (Wildman–Crippen LogP) is 1.54. The standard InChI is InChI=1S/C17H27N3O2S/c1-3-19-9-11-20(12-10-19)8-7-18-17(21)14-23-16-6-4-5-15(13-16)22-2/h4-6,13H,3,7-12,14H2,1-2H3,(H,18,21). The van der Waals surface area contributed by atoms with Gasteiger partial charge in [-0.25, -0.2) is 0 Å². The van der Waals surface area contributed by atoms with Gasteiger partial charge in [0.2, 0.25) is 5.91 Å². The van der Waals surface area contributed by atoms with Crippen LogP contribution in [-0.4, -0.2) is 74.4 Å². The SMILES string of the molecule is CCN1CCN(CCNC(=O)CSc2cccc(OC)c2)CC1. The van der Waals surface area contributed by atoms with E-state index in [1.54, 1.807) is 7.11 Å². The lowest BCUT2D eigenvalue weighted by Gasteiger charge is -2.33. The Labute approximate surface area is 143 Å². The molecule has 1 saturated heterocycles. The Balaban J connectivity index is 1.60. The number of ether oxygens (including phenoxy) is 1. The zero-order chi connectivity index (χ0) is 16.5. The second-order valence-electron chi connectivity index (χ2n) is 5.59. The summed E-state index contributed by atoms with van der Waals surface area (Å²) in [4.78, 5) is 17.8. The van der Waals surface area contributed by atoms with Gasteiger partial charge in [-0.05, 0) is 24.7 Å². The number of carbonyl (C=O) groups is 1. The molecule has 128 valence electrons. The summed E-state index contributed by atoms with van der Waals surface area (Å²) < 4.78 is 5.19. The van der Waals surface area contributed by atoms with Crippen LogP contribution in [0, 0.1) is 0 Å². The first-order valence-electron chi connectivity index (χ1n) is 8.19. The normalized spacial score (nSPS) is 16.3. The lowest BCUT2D eigenvalue weighted by atomic mass is 10.3. The highest BCUT2D eigenvalue weighted by molar-refractivity contribution is 8.00. The average Bonchev–Trinajstić information content (AvgIpc) is 2.61. The molecule has 1 aliphatic rings. The van der Waals surface area contributed by atoms with E-state index in [0.29, 0.717) is 5.75 Å². The maximum absolute atomic E-state index is 11.9. The summed E-state index contributed by atoms with van der Waals surface area (Å²) in [5, 5.41) is 3.01. The van der Waals surface area contributed by atoms with Crippen LogP contribution >= 0.6 is 11.8 Å². The van der Waals surface area contributed by atoms with Gasteiger partial charge in [-0.1, -0.05) is 13.0 Å². The van der Waals surface area contributed by atoms with Gasteiger partial charge in [0.25, 0.3) is 0 Å². The molecule has 0 spiro atoms. The Morgan fingerprint density at radius 3 is 2.70 bits per heavy atom. The summed E-state index contributed by atoms with van der Waals surface area (Å²) in [5.41, 5.74) is 0. The lowest BCUT2D eigenvalue weighted by molar-refractivity contribution is -0.118. The number of benzene rings is 1. The van der Waals surface area contributed by atoms with Gasteiger partial charge < -0.3 is 15.0 Å². The largest absolute Gasteiger partial charge is 0.497 e. The number of carbonyl (C=O) groups excluding carboxylic acids is 1. The molecule has 1 aliphatic heterocycles. The number of thioether (sulfide) groups is 1. The van der Waals surface area contributed by atoms with Crippen molar-refractivity contribution >= 4 is 17.7 Å². The molecule has 0 bridgehead atoms. The van der Waals surface area contributed by atoms with Gasteiger partial charge in [-0.3, -0.25) is 9.69 Å². The topological polar surface area (TPSA) is 44.8 Å². The summed E-state index contributed by atoms with van der Waals surface area (Å²) in [5.74, 6) is 1.35. The van der Waals surface area contributed by atoms with Crippen molar-refractivity contribution in [1.29, 1.82) is 0 Å². The Hall–Kier alpha value is -1.24. The fourth-order valence-corrected chi connectivity index (χ4v) is 3.35. The molecule has 1 heterocycles. The van der Waals surface area contributed by atoms with E-state index in [0.717, 1.165) is 56.5 Å². The number of methoxy groups -OCH3 is 1. The summed E-state index contributed by atoms with van der Waals surface area (Å²) in [6.07, 6.45) is 0. The van der Waals surface area contributed by atoms with Gasteiger partial charge >= 0.3 is 0 Å². The van der Waals surface area contributed by atoms with Gasteiger partial charge in [0.05, 0.1) is 12.9 Å². The van der Waals surface area contributed by atoms with Crippen LogP contribution in [-0.2, 0) is 4.79 Å². The number of piperazine rings is 1. The lowest BCUT2D eigenvalue weighted by Crippen LogP contribution is -2.48. The number of hydrogen-bond donors (Lipinski definition) is 1. The van der Waals surface area contributed by atoms with Crippen LogP contribution < -0.4 is 10.1 Å². The van der Waals surface area contributed by atoms with Gasteiger partial charge in [0, 0.05) is 44.2 Å². The monoisotopic (exact) mass is 337 g/mol. The van der Waals surface area contributed by atoms with Gasteiger partial charge in [0.15, 0.2) is 0 Å². The molecule has 1 aromatic carbocycles. The van der Waals surface area contributed by atoms with Crippen LogP contribution in [0.25, 0.3) is 0 Å². The van der Waals surface area contributed by atoms with E-state index in [4.69, 9.17) is 4.74 Å². The Kier molecular flexibility index (Phi) is 7.71. The van der Waals surface area contributed by atoms with Crippen LogP contribution in [0.15, 0.2) is 29.2 Å². The minimum Gasteiger partial charge on any atom is -0.497 e. The zero-order valence-electron chi connectivity index (χ0n) is 14.1. The predicted molar refractivity (Wildman–Crippen MR) is 95.3 cm³/mol. The minimum absolute atomic E-state index is 0.0880. The van der Waals surface area contributed by atoms with E-state index in [2.05, 4.69) is 22.0 Å². The van der Waals surface area contributed by atoms with Crippen molar-refractivity contribution in [3.63, 3.8) is 0 Å². The van der Waals surface area contributed by atoms with E-state index >= 15 is 0 Å². The molecule has 1 fully saturated rings. The van der Waals surface area contributed by atoms with E-state index in [-0.39, 0.29) is 5.91 Å². The number of rotatable bonds is 8. The molecule has 0 atom stereocenters. The first kappa shape index (κ1) is 18.1. The molecular weight excluding hydrogens is 310 g/mol. The van der Waals surface area contributed by atoms with Gasteiger partial charge in [-0.15, -0.1) is 11.8 Å². The molecule has 0 aromatic heterocycles. The Bertz CT molecular complexity index is 490. The molecule has 0 unspecified atom stereocenters. The van der Waals surface area contributed by atoms with Crippen LogP contribution in [0.5, 0.6) is 5.75 Å². The number of amides is 1. The first-order chi connectivity index (χ1) is 11.2. The fraction of sp³-hybridized carbons (Fsp3) is 0.588. The molecule has 6 heteroatoms. The van der Waals surface area contributed by atoms with E-state index in [1.165, 1.54) is 11.8 Å². The van der Waals surface area contributed by atoms with Crippen molar-refractivity contribution in [3.05, 3.63) is 24.3 Å². The second kappa shape index (κ2) is 9.80. The molecule has 0 aliphatic carbocycles. The van der Waals surface area contributed by atoms with Crippen molar-refractivity contribution in [1.82, 2.24) is 15.1 Å². The van der Waals surface area contributed by atoms with Crippen molar-refractivity contribution < 1.29 is 9.53 Å². The summed E-state index contributed by atoms with van der Waals surface area (Å²) >= 11 is 1.54. The molecule has 1 N–H and O–H groups in total. The van der Waals surface area contributed by atoms with Gasteiger partial charge in [0.1, 0.15) is 5.75 Å². The minimum atomic E-state index is 0.0880. The fourth-order valence-electron chi connectivity index (χ4n) is 2.57. The molecule has 0 radical (unpaired) electrons. The number of hydrogen-bond acceptors (Lipinski definition) is 5. The molecule has 1 amide bonds. The third-order valence-electron chi connectivity index (χ3n) is 4.07. The highest BCUT2D eigenvalue weighted by Gasteiger charge is 2.14. The number of nitrogens with one attached hydrogen (secondary N) is 1. The molecule has 5 nitrogen and oxygen atoms in total. The Morgan fingerprint density at radius 2 is 2.00 bits per heavy atom. The Morgan fingerprint density at radius 1 is 1.26 bits per heavy atom. The van der Waals surface area contributed by atoms with E-state index in [9.17, 15) is 4.79 Å². The quantitative estimate of drug-likeness (QED) is 0.729. The highest BCUT2D eigenvalue weighted by atomic mass is 32.2. The number of likely N-dealkylation sites (N-methyl/N-ethyl adjacent to an activating group) is 1. The van der Waals surface area contributed by atoms with Crippen LogP contribution in [0.4, 0.5) is 0 Å². The molecule has 1 aromatic rings. The number of nitrogens with zero attached hydrogens (tertiary/aromatic N) is 2. The van der Waals surface area contributed by atoms with E-state index < -0.39 is 0 Å². The summed E-state index contributed by atoms with van der Waals surface area (Å²) in [6, 6.07) is 7.79. The van der Waals surface area contributed by atoms with E-state index in [1.807, 2.05) is 24.3 Å². The smallest absolute Gasteiger partial charge is 0.230 e. The molecule has 0 saturated carbocycles. The molecule has 23 heavy (non-hydrogen) atoms. The second-order valence-corrected chi connectivity index (χ2v) is 6.64. The average molecular weight is 337 g/mol. The third kappa shape index (κ3) is 6.41. The zero-order valence-corrected chi connectivity index (χ0v) is 14.9. The highest BCUT2D eigenvalue weighted by Crippen LogP contribution is 2.22. The maximum atomic E-state index is 11.9. The molecular formula is C17H27N3O2S. The van der Waals surface area contributed by atoms with Crippen LogP contribution in [0.1, 0.15) is 6.92 Å². The van der Waals surface area contributed by atoms with Crippen molar-refractivity contribution in [2.45, 2.75) is 11.8 Å². The van der Waals surface area contributed by atoms with Crippen LogP contribution in [0.2, 0.25) is 0 Å². The third-order valence-corrected chi connectivity index (χ3v) is 5.07. The molecule has 2 rings (SSSR count). The summed E-state index contributed by atoms with van der Waals surface area (Å²) in [6.45, 7) is 9.47. The van der Waals surface area contributed by atoms with Gasteiger partial charge in [-0.2, -0.15) is 0 Å². The van der Waals surface area contributed by atoms with Crippen molar-refractivity contribution in [2.75, 3.05) is 58.7 Å². The summed E-state index contributed by atoms with van der Waals surface area (Å²) in [7, 11) is 1.65. The maximum Gasteiger partial charge on any atom is 0.230 e. The van der Waals surface area contributed by atoms with Crippen molar-refractivity contribution in [2.24, 2.45) is 0 Å².